The van der Waals surface area contributed by atoms with Crippen molar-refractivity contribution in [3.8, 4) is 22.6 Å². The van der Waals surface area contributed by atoms with E-state index in [2.05, 4.69) is 18.7 Å². The van der Waals surface area contributed by atoms with Crippen LogP contribution in [0, 0.1) is 0 Å². The van der Waals surface area contributed by atoms with Gasteiger partial charge < -0.3 is 9.47 Å². The molecule has 0 aliphatic heterocycles. The average Bonchev–Trinajstić information content (AvgIpc) is 2.84. The number of rotatable bonds is 20. The fourth-order valence-electron chi connectivity index (χ4n) is 4.02. The molecule has 0 unspecified atom stereocenters. The van der Waals surface area contributed by atoms with Crippen LogP contribution in [0.3, 0.4) is 0 Å². The molecule has 2 aromatic carbocycles. The molecule has 0 radical (unpaired) electrons. The second-order valence-electron chi connectivity index (χ2n) is 8.94. The van der Waals surface area contributed by atoms with Crippen LogP contribution in [0.5, 0.6) is 11.5 Å². The maximum atomic E-state index is 10.7. The zero-order chi connectivity index (χ0) is 25.2. The summed E-state index contributed by atoms with van der Waals surface area (Å²) >= 11 is 0. The van der Waals surface area contributed by atoms with E-state index in [0.29, 0.717) is 19.6 Å². The Morgan fingerprint density at radius 2 is 1.20 bits per heavy atom. The van der Waals surface area contributed by atoms with Crippen LogP contribution in [-0.2, 0) is 10.1 Å². The normalized spacial score (nSPS) is 11.3. The van der Waals surface area contributed by atoms with Crippen molar-refractivity contribution >= 4 is 10.1 Å². The first-order valence-corrected chi connectivity index (χ1v) is 14.6. The average molecular weight is 503 g/mol. The molecular formula is C29H42O5S. The molecule has 0 atom stereocenters. The Morgan fingerprint density at radius 3 is 1.74 bits per heavy atom. The van der Waals surface area contributed by atoms with Gasteiger partial charge in [-0.2, -0.15) is 8.42 Å². The number of benzene rings is 2. The minimum absolute atomic E-state index is 0.128. The molecule has 2 aromatic rings. The molecule has 0 aliphatic carbocycles. The van der Waals surface area contributed by atoms with E-state index in [4.69, 9.17) is 14.0 Å². The van der Waals surface area contributed by atoms with E-state index in [0.717, 1.165) is 93.3 Å². The maximum Gasteiger partial charge on any atom is 0.264 e. The largest absolute Gasteiger partial charge is 0.493 e. The summed E-state index contributed by atoms with van der Waals surface area (Å²) in [6, 6.07) is 16.3. The number of ether oxygens (including phenoxy) is 2. The minimum Gasteiger partial charge on any atom is -0.493 e. The SMILES string of the molecule is C=CCCCCCOc1cccc(OCCCCCCCCCCS(=O)(=O)O)c1-c1ccccc1. The zero-order valence-electron chi connectivity index (χ0n) is 21.0. The molecule has 0 bridgehead atoms. The van der Waals surface area contributed by atoms with Crippen molar-refractivity contribution in [2.45, 2.75) is 77.0 Å². The quantitative estimate of drug-likeness (QED) is 0.113. The lowest BCUT2D eigenvalue weighted by molar-refractivity contribution is 0.292. The van der Waals surface area contributed by atoms with Crippen LogP contribution < -0.4 is 9.47 Å². The fraction of sp³-hybridized carbons (Fsp3) is 0.517. The number of hydrogen-bond acceptors (Lipinski definition) is 4. The summed E-state index contributed by atoms with van der Waals surface area (Å²) in [6.07, 6.45) is 14.2. The van der Waals surface area contributed by atoms with Gasteiger partial charge in [-0.25, -0.2) is 0 Å². The molecule has 5 nitrogen and oxygen atoms in total. The number of allylic oxidation sites excluding steroid dienone is 1. The lowest BCUT2D eigenvalue weighted by Gasteiger charge is -2.17. The van der Waals surface area contributed by atoms with Gasteiger partial charge in [0.25, 0.3) is 10.1 Å². The lowest BCUT2D eigenvalue weighted by Crippen LogP contribution is -2.03. The fourth-order valence-corrected chi connectivity index (χ4v) is 4.59. The Bertz CT molecular complexity index is 941. The first-order valence-electron chi connectivity index (χ1n) is 13.0. The lowest BCUT2D eigenvalue weighted by atomic mass is 10.0. The molecule has 0 aromatic heterocycles. The van der Waals surface area contributed by atoms with E-state index in [-0.39, 0.29) is 5.75 Å². The summed E-state index contributed by atoms with van der Waals surface area (Å²) in [7, 11) is -3.81. The standard InChI is InChI=1S/C29H42O5S/c1-2-3-4-9-15-23-33-27-21-18-22-28(29(27)26-19-13-12-14-20-26)34-24-16-10-7-5-6-8-11-17-25-35(30,31)32/h2,12-14,18-22H,1,3-11,15-17,23-25H2,(H,30,31,32). The zero-order valence-corrected chi connectivity index (χ0v) is 21.8. The third kappa shape index (κ3) is 12.8. The van der Waals surface area contributed by atoms with Crippen molar-refractivity contribution in [2.75, 3.05) is 19.0 Å². The van der Waals surface area contributed by atoms with E-state index in [1.807, 2.05) is 42.5 Å². The molecule has 194 valence electrons. The van der Waals surface area contributed by atoms with E-state index in [1.165, 1.54) is 0 Å². The Hall–Kier alpha value is -2.31. The van der Waals surface area contributed by atoms with E-state index in [1.54, 1.807) is 0 Å². The van der Waals surface area contributed by atoms with Gasteiger partial charge >= 0.3 is 0 Å². The molecule has 0 saturated heterocycles. The Morgan fingerprint density at radius 1 is 0.686 bits per heavy atom. The number of unbranched alkanes of at least 4 members (excludes halogenated alkanes) is 10. The highest BCUT2D eigenvalue weighted by Crippen LogP contribution is 2.38. The van der Waals surface area contributed by atoms with Gasteiger partial charge in [0.15, 0.2) is 0 Å². The highest BCUT2D eigenvalue weighted by Gasteiger charge is 2.13. The van der Waals surface area contributed by atoms with Gasteiger partial charge in [0.05, 0.1) is 24.5 Å². The molecule has 0 spiro atoms. The van der Waals surface area contributed by atoms with Crippen LogP contribution in [0.15, 0.2) is 61.2 Å². The van der Waals surface area contributed by atoms with Crippen molar-refractivity contribution in [3.63, 3.8) is 0 Å². The second kappa shape index (κ2) is 17.2. The van der Waals surface area contributed by atoms with Crippen LogP contribution in [0.4, 0.5) is 0 Å². The molecule has 0 amide bonds. The van der Waals surface area contributed by atoms with Gasteiger partial charge in [0.1, 0.15) is 11.5 Å². The second-order valence-corrected chi connectivity index (χ2v) is 10.5. The van der Waals surface area contributed by atoms with E-state index < -0.39 is 10.1 Å². The highest BCUT2D eigenvalue weighted by atomic mass is 32.2. The molecule has 0 heterocycles. The molecule has 1 N–H and O–H groups in total. The summed E-state index contributed by atoms with van der Waals surface area (Å²) in [5.74, 6) is 1.60. The smallest absolute Gasteiger partial charge is 0.264 e. The van der Waals surface area contributed by atoms with Crippen molar-refractivity contribution in [1.29, 1.82) is 0 Å². The van der Waals surface area contributed by atoms with Crippen molar-refractivity contribution in [1.82, 2.24) is 0 Å². The Balaban J connectivity index is 1.76. The van der Waals surface area contributed by atoms with Gasteiger partial charge in [-0.3, -0.25) is 4.55 Å². The molecule has 0 saturated carbocycles. The van der Waals surface area contributed by atoms with Crippen molar-refractivity contribution in [2.24, 2.45) is 0 Å². The van der Waals surface area contributed by atoms with E-state index >= 15 is 0 Å². The summed E-state index contributed by atoms with van der Waals surface area (Å²) in [5.41, 5.74) is 2.11. The monoisotopic (exact) mass is 502 g/mol. The Kier molecular flexibility index (Phi) is 14.2. The number of hydrogen-bond donors (Lipinski definition) is 1. The van der Waals surface area contributed by atoms with Crippen molar-refractivity contribution < 1.29 is 22.4 Å². The first kappa shape index (κ1) is 28.9. The van der Waals surface area contributed by atoms with Gasteiger partial charge in [-0.15, -0.1) is 6.58 Å². The summed E-state index contributed by atoms with van der Waals surface area (Å²) in [4.78, 5) is 0. The van der Waals surface area contributed by atoms with Gasteiger partial charge in [-0.1, -0.05) is 81.0 Å². The predicted molar refractivity (Wildman–Crippen MR) is 145 cm³/mol. The van der Waals surface area contributed by atoms with Gasteiger partial charge in [0, 0.05) is 0 Å². The summed E-state index contributed by atoms with van der Waals surface area (Å²) in [5, 5.41) is 0. The molecule has 35 heavy (non-hydrogen) atoms. The maximum absolute atomic E-state index is 10.7. The van der Waals surface area contributed by atoms with Crippen molar-refractivity contribution in [3.05, 3.63) is 61.2 Å². The van der Waals surface area contributed by atoms with Gasteiger partial charge in [-0.05, 0) is 56.2 Å². The first-order chi connectivity index (χ1) is 17.0. The molecule has 0 aliphatic rings. The topological polar surface area (TPSA) is 72.8 Å². The third-order valence-corrected chi connectivity index (χ3v) is 6.72. The minimum atomic E-state index is -3.81. The molecule has 0 fully saturated rings. The predicted octanol–water partition coefficient (Wildman–Crippen LogP) is 7.87. The van der Waals surface area contributed by atoms with Crippen LogP contribution in [0.2, 0.25) is 0 Å². The molecule has 2 rings (SSSR count). The van der Waals surface area contributed by atoms with Crippen LogP contribution >= 0.6 is 0 Å². The van der Waals surface area contributed by atoms with Crippen LogP contribution in [0.1, 0.15) is 77.0 Å². The van der Waals surface area contributed by atoms with Crippen LogP contribution in [0.25, 0.3) is 11.1 Å². The highest BCUT2D eigenvalue weighted by molar-refractivity contribution is 7.85. The summed E-state index contributed by atoms with van der Waals surface area (Å²) < 4.78 is 42.6. The van der Waals surface area contributed by atoms with Gasteiger partial charge in [0.2, 0.25) is 0 Å². The van der Waals surface area contributed by atoms with E-state index in [9.17, 15) is 8.42 Å². The molecule has 6 heteroatoms. The van der Waals surface area contributed by atoms with Crippen LogP contribution in [-0.4, -0.2) is 31.9 Å². The molecular weight excluding hydrogens is 460 g/mol. The Labute approximate surface area is 212 Å². The summed E-state index contributed by atoms with van der Waals surface area (Å²) in [6.45, 7) is 5.13. The third-order valence-electron chi connectivity index (χ3n) is 5.91.